The average molecular weight is 842 g/mol. The van der Waals surface area contributed by atoms with Crippen LogP contribution in [-0.2, 0) is 14.4 Å². The van der Waals surface area contributed by atoms with E-state index < -0.39 is 11.9 Å². The van der Waals surface area contributed by atoms with Gasteiger partial charge in [0.2, 0.25) is 5.95 Å². The molecule has 61 heavy (non-hydrogen) atoms. The minimum Gasteiger partial charge on any atom is -0.483 e. The maximum Gasteiger partial charge on any atom is 0.290 e. The van der Waals surface area contributed by atoms with Crippen molar-refractivity contribution in [1.29, 1.82) is 0 Å². The highest BCUT2D eigenvalue weighted by Gasteiger charge is 2.55. The molecule has 0 amide bonds. The van der Waals surface area contributed by atoms with Gasteiger partial charge in [0.15, 0.2) is 5.82 Å². The van der Waals surface area contributed by atoms with Gasteiger partial charge in [0.25, 0.3) is 12.0 Å². The monoisotopic (exact) mass is 841 g/mol. The Bertz CT molecular complexity index is 2130. The van der Waals surface area contributed by atoms with Crippen LogP contribution >= 0.6 is 0 Å². The van der Waals surface area contributed by atoms with E-state index in [9.17, 15) is 18.8 Å². The Morgan fingerprint density at radius 3 is 2.26 bits per heavy atom. The topological polar surface area (TPSA) is 165 Å². The van der Waals surface area contributed by atoms with Gasteiger partial charge in [-0.1, -0.05) is 18.2 Å². The third-order valence-electron chi connectivity index (χ3n) is 12.1. The van der Waals surface area contributed by atoms with Crippen LogP contribution in [0.3, 0.4) is 0 Å². The van der Waals surface area contributed by atoms with Gasteiger partial charge in [-0.15, -0.1) is 0 Å². The first-order valence-corrected chi connectivity index (χ1v) is 21.0. The molecule has 2 aromatic heterocycles. The van der Waals surface area contributed by atoms with Crippen molar-refractivity contribution in [2.24, 2.45) is 5.41 Å². The number of hydrogen-bond acceptors (Lipinski definition) is 12. The van der Waals surface area contributed by atoms with Gasteiger partial charge in [0.05, 0.1) is 17.9 Å². The maximum absolute atomic E-state index is 15.1. The van der Waals surface area contributed by atoms with E-state index in [4.69, 9.17) is 9.90 Å². The van der Waals surface area contributed by atoms with Gasteiger partial charge in [-0.05, 0) is 101 Å². The van der Waals surface area contributed by atoms with E-state index in [2.05, 4.69) is 40.6 Å². The lowest BCUT2D eigenvalue weighted by atomic mass is 9.59. The molecule has 4 fully saturated rings. The second kappa shape index (κ2) is 21.3. The predicted molar refractivity (Wildman–Crippen MR) is 232 cm³/mol. The predicted octanol–water partition coefficient (Wildman–Crippen LogP) is 5.08. The van der Waals surface area contributed by atoms with Crippen LogP contribution in [-0.4, -0.2) is 126 Å². The average Bonchev–Trinajstić information content (AvgIpc) is 3.24. The van der Waals surface area contributed by atoms with Gasteiger partial charge in [0, 0.05) is 93.0 Å². The van der Waals surface area contributed by atoms with E-state index in [-0.39, 0.29) is 36.0 Å². The van der Waals surface area contributed by atoms with Crippen molar-refractivity contribution in [3.05, 3.63) is 95.0 Å². The lowest BCUT2D eigenvalue weighted by Gasteiger charge is -2.63. The quantitative estimate of drug-likeness (QED) is 0.132. The second-order valence-electron chi connectivity index (χ2n) is 16.4. The van der Waals surface area contributed by atoms with Crippen molar-refractivity contribution < 1.29 is 28.3 Å². The van der Waals surface area contributed by atoms with Crippen molar-refractivity contribution >= 4 is 36.4 Å². The highest BCUT2D eigenvalue weighted by molar-refractivity contribution is 5.67. The summed E-state index contributed by atoms with van der Waals surface area (Å²) in [4.78, 5) is 58.9. The molecule has 1 aliphatic carbocycles. The summed E-state index contributed by atoms with van der Waals surface area (Å²) in [6, 6.07) is 18.0. The molecular formula is C45H57F2N9O5. The summed E-state index contributed by atoms with van der Waals surface area (Å²) < 4.78 is 31.6. The molecule has 4 N–H and O–H groups in total. The Hall–Kier alpha value is -5.58. The summed E-state index contributed by atoms with van der Waals surface area (Å²) in [5.41, 5.74) is 2.83. The van der Waals surface area contributed by atoms with E-state index in [0.717, 1.165) is 77.5 Å². The fraction of sp³-hybridized carbons (Fsp3) is 0.467. The molecule has 1 saturated carbocycles. The molecule has 4 aliphatic rings. The molecule has 0 radical (unpaired) electrons. The first-order chi connectivity index (χ1) is 29.6. The van der Waals surface area contributed by atoms with Crippen molar-refractivity contribution in [3.63, 3.8) is 0 Å². The molecule has 5 heterocycles. The van der Waals surface area contributed by atoms with Gasteiger partial charge in [-0.3, -0.25) is 19.1 Å². The van der Waals surface area contributed by atoms with Crippen molar-refractivity contribution in [2.75, 3.05) is 68.9 Å². The number of nitrogens with one attached hydrogen (secondary N) is 3. The van der Waals surface area contributed by atoms with Crippen LogP contribution in [0, 0.1) is 17.0 Å². The van der Waals surface area contributed by atoms with E-state index in [1.807, 2.05) is 26.2 Å². The largest absolute Gasteiger partial charge is 0.483 e. The van der Waals surface area contributed by atoms with E-state index in [0.29, 0.717) is 52.5 Å². The number of carboxylic acid groups (broad SMARTS) is 1. The molecule has 3 aliphatic heterocycles. The molecular weight excluding hydrogens is 785 g/mol. The van der Waals surface area contributed by atoms with E-state index >= 15 is 4.39 Å². The van der Waals surface area contributed by atoms with Gasteiger partial charge in [0.1, 0.15) is 24.1 Å². The van der Waals surface area contributed by atoms with Gasteiger partial charge >= 0.3 is 0 Å². The number of carbonyl (C=O) groups is 3. The fourth-order valence-corrected chi connectivity index (χ4v) is 9.17. The fourth-order valence-electron chi connectivity index (χ4n) is 9.17. The molecule has 3 saturated heterocycles. The van der Waals surface area contributed by atoms with Crippen LogP contribution in [0.5, 0.6) is 0 Å². The second-order valence-corrected chi connectivity index (χ2v) is 16.4. The van der Waals surface area contributed by atoms with Crippen LogP contribution < -0.4 is 26.4 Å². The van der Waals surface area contributed by atoms with Crippen LogP contribution in [0.4, 0.5) is 26.1 Å². The first kappa shape index (κ1) is 45.0. The third-order valence-corrected chi connectivity index (χ3v) is 12.1. The minimum atomic E-state index is -0.515. The van der Waals surface area contributed by atoms with Gasteiger partial charge in [-0.2, -0.15) is 0 Å². The normalized spacial score (nSPS) is 18.6. The molecule has 4 aromatic rings. The Morgan fingerprint density at radius 2 is 1.61 bits per heavy atom. The Morgan fingerprint density at radius 1 is 0.885 bits per heavy atom. The number of aromatic nitrogens is 3. The minimum absolute atomic E-state index is 0.161. The SMILES string of the molecule is CNC.O=CCCC(C=O)Nc1ccc(N2CCC(N3CC4(CC(N5CCC(Nc6ncc(F)c(-c7cccc(-n8ccccc8=O)c7)n6)CC5)C4)C3)CC2)c(F)c1.O=CO. The number of likely N-dealkylation sites (tertiary alicyclic amines) is 2. The van der Waals surface area contributed by atoms with Crippen molar-refractivity contribution in [2.45, 2.75) is 75.5 Å². The molecule has 1 atom stereocenters. The summed E-state index contributed by atoms with van der Waals surface area (Å²) in [5.74, 6) is -0.401. The van der Waals surface area contributed by atoms with Crippen LogP contribution in [0.1, 0.15) is 51.4 Å². The Labute approximate surface area is 355 Å². The first-order valence-electron chi connectivity index (χ1n) is 21.0. The highest BCUT2D eigenvalue weighted by Crippen LogP contribution is 2.52. The van der Waals surface area contributed by atoms with Gasteiger partial charge in [-0.25, -0.2) is 18.7 Å². The number of carbonyl (C=O) groups excluding carboxylic acids is 2. The lowest BCUT2D eigenvalue weighted by Crippen LogP contribution is -2.69. The lowest BCUT2D eigenvalue weighted by molar-refractivity contribution is -0.129. The van der Waals surface area contributed by atoms with Gasteiger partial charge < -0.3 is 40.4 Å². The molecule has 14 nitrogen and oxygen atoms in total. The molecule has 0 bridgehead atoms. The van der Waals surface area contributed by atoms with E-state index in [1.54, 1.807) is 42.6 Å². The number of aldehydes is 2. The molecule has 1 spiro atoms. The van der Waals surface area contributed by atoms with Crippen LogP contribution in [0.25, 0.3) is 16.9 Å². The maximum atomic E-state index is 15.1. The number of benzene rings is 2. The number of pyridine rings is 1. The molecule has 8 rings (SSSR count). The smallest absolute Gasteiger partial charge is 0.290 e. The summed E-state index contributed by atoms with van der Waals surface area (Å²) in [6.07, 6.45) is 11.6. The Balaban J connectivity index is 0.000000981. The standard InChI is InChI=1S/C42H48F2N8O3.C2H7N.CH2O2/c43-36-22-31(46-32(26-54)6-4-20-53)9-10-38(36)50-18-13-33(14-19-50)51-27-42(28-51)23-35(24-42)49-16-11-30(12-17-49)47-41-45-25-37(44)40(48-41)29-5-3-7-34(21-29)52-15-2-1-8-39(52)55;1-3-2;2-1-3/h1-3,5,7-10,15,20-22,25-26,30,32-33,35,46H,4,6,11-14,16-19,23-24,27-28H2,(H,45,47,48);3H,1-2H3;1H,(H,2,3). The van der Waals surface area contributed by atoms with Crippen LogP contribution in [0.15, 0.2) is 77.9 Å². The number of anilines is 3. The number of nitrogens with zero attached hydrogens (tertiary/aromatic N) is 6. The molecule has 326 valence electrons. The zero-order chi connectivity index (χ0) is 43.4. The number of hydrogen-bond donors (Lipinski definition) is 4. The molecule has 1 unspecified atom stereocenters. The number of rotatable bonds is 13. The van der Waals surface area contributed by atoms with Crippen molar-refractivity contribution in [3.8, 4) is 16.9 Å². The number of piperidine rings is 2. The molecule has 2 aromatic carbocycles. The summed E-state index contributed by atoms with van der Waals surface area (Å²) >= 11 is 0. The highest BCUT2D eigenvalue weighted by atomic mass is 19.1. The third kappa shape index (κ3) is 11.2. The van der Waals surface area contributed by atoms with E-state index in [1.165, 1.54) is 35.7 Å². The van der Waals surface area contributed by atoms with Crippen molar-refractivity contribution in [1.82, 2.24) is 29.7 Å². The summed E-state index contributed by atoms with van der Waals surface area (Å²) in [7, 11) is 3.75. The molecule has 16 heteroatoms. The summed E-state index contributed by atoms with van der Waals surface area (Å²) in [5, 5.41) is 16.1. The van der Waals surface area contributed by atoms with Crippen LogP contribution in [0.2, 0.25) is 0 Å². The summed E-state index contributed by atoms with van der Waals surface area (Å²) in [6.45, 7) is 5.69. The Kier molecular flexibility index (Phi) is 15.7. The zero-order valence-electron chi connectivity index (χ0n) is 34.9. The number of halogens is 2. The zero-order valence-corrected chi connectivity index (χ0v) is 34.9.